The molecule has 0 unspecified atom stereocenters. The summed E-state index contributed by atoms with van der Waals surface area (Å²) in [6, 6.07) is 6.04. The summed E-state index contributed by atoms with van der Waals surface area (Å²) < 4.78 is 39.7. The molecule has 8 heteroatoms. The van der Waals surface area contributed by atoms with Crippen molar-refractivity contribution in [2.75, 3.05) is 19.0 Å². The van der Waals surface area contributed by atoms with E-state index in [1.807, 2.05) is 0 Å². The van der Waals surface area contributed by atoms with E-state index in [4.69, 9.17) is 0 Å². The number of anilines is 1. The van der Waals surface area contributed by atoms with Crippen LogP contribution in [0.2, 0.25) is 0 Å². The van der Waals surface area contributed by atoms with Crippen LogP contribution in [0.4, 0.5) is 18.9 Å². The number of hydrazone groups is 1. The third kappa shape index (κ3) is 3.03. The van der Waals surface area contributed by atoms with Gasteiger partial charge in [-0.05, 0) is 30.7 Å². The van der Waals surface area contributed by atoms with Crippen LogP contribution in [-0.4, -0.2) is 47.7 Å². The number of aliphatic hydroxyl groups is 1. The molecule has 1 amide bonds. The van der Waals surface area contributed by atoms with Crippen molar-refractivity contribution in [3.8, 4) is 0 Å². The van der Waals surface area contributed by atoms with Gasteiger partial charge in [0.2, 0.25) is 0 Å². The lowest BCUT2D eigenvalue weighted by Gasteiger charge is -2.32. The van der Waals surface area contributed by atoms with Crippen LogP contribution in [0.3, 0.4) is 0 Å². The van der Waals surface area contributed by atoms with E-state index in [1.165, 1.54) is 12.1 Å². The van der Waals surface area contributed by atoms with Gasteiger partial charge >= 0.3 is 6.18 Å². The number of carbonyl (C=O) groups is 1. The fourth-order valence-corrected chi connectivity index (χ4v) is 2.27. The van der Waals surface area contributed by atoms with Gasteiger partial charge < -0.3 is 10.0 Å². The maximum atomic E-state index is 13.2. The summed E-state index contributed by atoms with van der Waals surface area (Å²) in [6.45, 7) is 1.62. The number of carbonyl (C=O) groups excluding carboxylic acids is 1. The van der Waals surface area contributed by atoms with Crippen LogP contribution < -0.4 is 4.90 Å². The van der Waals surface area contributed by atoms with Gasteiger partial charge in [-0.1, -0.05) is 6.92 Å². The molecule has 0 bridgehead atoms. The van der Waals surface area contributed by atoms with Gasteiger partial charge in [0.05, 0.1) is 0 Å². The number of amides is 1. The molecule has 0 saturated carbocycles. The molecule has 1 aliphatic heterocycles. The lowest BCUT2D eigenvalue weighted by Crippen LogP contribution is -2.56. The van der Waals surface area contributed by atoms with Crippen molar-refractivity contribution < 1.29 is 23.1 Å². The number of hydrogen-bond donors (Lipinski definition) is 1. The normalized spacial score (nSPS) is 21.3. The molecular formula is C15H18F3N3O2. The summed E-state index contributed by atoms with van der Waals surface area (Å²) in [4.78, 5) is 14.2. The molecule has 2 rings (SSSR count). The van der Waals surface area contributed by atoms with Crippen molar-refractivity contribution in [1.29, 1.82) is 0 Å². The molecule has 0 saturated heterocycles. The highest BCUT2D eigenvalue weighted by Crippen LogP contribution is 2.41. The summed E-state index contributed by atoms with van der Waals surface area (Å²) in [5.41, 5.74) is -2.34. The predicted octanol–water partition coefficient (Wildman–Crippen LogP) is 2.62. The van der Waals surface area contributed by atoms with Crippen LogP contribution >= 0.6 is 0 Å². The average molecular weight is 329 g/mol. The molecule has 23 heavy (non-hydrogen) atoms. The molecule has 0 radical (unpaired) electrons. The first-order valence-corrected chi connectivity index (χ1v) is 7.07. The van der Waals surface area contributed by atoms with Crippen molar-refractivity contribution in [2.45, 2.75) is 31.7 Å². The van der Waals surface area contributed by atoms with Crippen molar-refractivity contribution in [3.63, 3.8) is 0 Å². The maximum absolute atomic E-state index is 13.2. The van der Waals surface area contributed by atoms with Crippen molar-refractivity contribution in [3.05, 3.63) is 29.8 Å². The van der Waals surface area contributed by atoms with Crippen LogP contribution in [0, 0.1) is 0 Å². The Kier molecular flexibility index (Phi) is 4.39. The van der Waals surface area contributed by atoms with Gasteiger partial charge in [0.15, 0.2) is 0 Å². The minimum atomic E-state index is -4.99. The second-order valence-electron chi connectivity index (χ2n) is 5.57. The zero-order valence-electron chi connectivity index (χ0n) is 13.1. The van der Waals surface area contributed by atoms with Crippen LogP contribution in [-0.2, 0) is 0 Å². The monoisotopic (exact) mass is 329 g/mol. The Bertz CT molecular complexity index is 626. The maximum Gasteiger partial charge on any atom is 0.438 e. The first-order chi connectivity index (χ1) is 10.6. The smallest absolute Gasteiger partial charge is 0.378 e. The van der Waals surface area contributed by atoms with Gasteiger partial charge in [0.1, 0.15) is 0 Å². The van der Waals surface area contributed by atoms with E-state index in [9.17, 15) is 23.1 Å². The summed E-state index contributed by atoms with van der Waals surface area (Å²) in [7, 11) is 3.61. The van der Waals surface area contributed by atoms with Crippen LogP contribution in [0.25, 0.3) is 0 Å². The van der Waals surface area contributed by atoms with Gasteiger partial charge in [-0.25, -0.2) is 0 Å². The largest absolute Gasteiger partial charge is 0.438 e. The Morgan fingerprint density at radius 1 is 1.35 bits per heavy atom. The van der Waals surface area contributed by atoms with Gasteiger partial charge in [0.25, 0.3) is 11.6 Å². The van der Waals surface area contributed by atoms with E-state index in [0.717, 1.165) is 5.69 Å². The zero-order chi connectivity index (χ0) is 17.4. The molecule has 1 atom stereocenters. The van der Waals surface area contributed by atoms with Gasteiger partial charge in [-0.15, -0.1) is 0 Å². The second-order valence-corrected chi connectivity index (χ2v) is 5.57. The highest BCUT2D eigenvalue weighted by Gasteiger charge is 2.63. The van der Waals surface area contributed by atoms with Crippen LogP contribution in [0.5, 0.6) is 0 Å². The first-order valence-electron chi connectivity index (χ1n) is 7.07. The van der Waals surface area contributed by atoms with E-state index in [-0.39, 0.29) is 22.7 Å². The number of alkyl halides is 3. The second kappa shape index (κ2) is 5.84. The third-order valence-corrected chi connectivity index (χ3v) is 3.73. The van der Waals surface area contributed by atoms with E-state index in [2.05, 4.69) is 5.10 Å². The molecule has 1 aromatic rings. The van der Waals surface area contributed by atoms with Gasteiger partial charge in [0, 0.05) is 37.5 Å². The average Bonchev–Trinajstić information content (AvgIpc) is 2.85. The minimum Gasteiger partial charge on any atom is -0.378 e. The summed E-state index contributed by atoms with van der Waals surface area (Å²) in [5.74, 6) is -0.987. The van der Waals surface area contributed by atoms with E-state index < -0.39 is 24.2 Å². The quantitative estimate of drug-likeness (QED) is 0.927. The fourth-order valence-electron chi connectivity index (χ4n) is 2.27. The first kappa shape index (κ1) is 17.3. The molecule has 0 spiro atoms. The number of rotatable bonds is 3. The molecule has 1 aliphatic rings. The van der Waals surface area contributed by atoms with Crippen LogP contribution in [0.1, 0.15) is 30.1 Å². The number of benzene rings is 1. The Morgan fingerprint density at radius 3 is 2.35 bits per heavy atom. The highest BCUT2D eigenvalue weighted by atomic mass is 19.4. The molecule has 0 aromatic heterocycles. The lowest BCUT2D eigenvalue weighted by atomic mass is 10.0. The molecule has 5 nitrogen and oxygen atoms in total. The zero-order valence-corrected chi connectivity index (χ0v) is 13.1. The SMILES string of the molecule is CCC1=NN(C(=O)c2ccc(N(C)C)cc2)[C@@](O)(C(F)(F)F)C1. The van der Waals surface area contributed by atoms with Crippen LogP contribution in [0.15, 0.2) is 29.4 Å². The Labute approximate surface area is 132 Å². The summed E-state index contributed by atoms with van der Waals surface area (Å²) in [6.07, 6.45) is -5.50. The number of halogens is 3. The Morgan fingerprint density at radius 2 is 1.91 bits per heavy atom. The summed E-state index contributed by atoms with van der Waals surface area (Å²) in [5, 5.41) is 13.9. The lowest BCUT2D eigenvalue weighted by molar-refractivity contribution is -0.297. The third-order valence-electron chi connectivity index (χ3n) is 3.73. The van der Waals surface area contributed by atoms with Gasteiger partial charge in [-0.3, -0.25) is 4.79 Å². The molecular weight excluding hydrogens is 311 g/mol. The topological polar surface area (TPSA) is 56.1 Å². The molecule has 1 aromatic carbocycles. The van der Waals surface area contributed by atoms with E-state index >= 15 is 0 Å². The molecule has 0 aliphatic carbocycles. The van der Waals surface area contributed by atoms with Crippen molar-refractivity contribution >= 4 is 17.3 Å². The summed E-state index contributed by atoms with van der Waals surface area (Å²) >= 11 is 0. The minimum absolute atomic E-state index is 0.0272. The molecule has 1 heterocycles. The predicted molar refractivity (Wildman–Crippen MR) is 80.3 cm³/mol. The Balaban J connectivity index is 2.37. The molecule has 0 fully saturated rings. The standard InChI is InChI=1S/C15H18F3N3O2/c1-4-11-9-14(23,15(16,17)18)21(19-11)13(22)10-5-7-12(8-6-10)20(2)3/h5-8,23H,4,9H2,1-3H3/t14-/m0/s1. The van der Waals surface area contributed by atoms with E-state index in [1.54, 1.807) is 38.1 Å². The highest BCUT2D eigenvalue weighted by molar-refractivity contribution is 5.98. The number of nitrogens with zero attached hydrogens (tertiary/aromatic N) is 3. The molecule has 126 valence electrons. The molecule has 1 N–H and O–H groups in total. The van der Waals surface area contributed by atoms with Gasteiger partial charge in [-0.2, -0.15) is 23.3 Å². The fraction of sp³-hybridized carbons (Fsp3) is 0.467. The van der Waals surface area contributed by atoms with Crippen molar-refractivity contribution in [2.24, 2.45) is 5.10 Å². The van der Waals surface area contributed by atoms with E-state index in [0.29, 0.717) is 0 Å². The number of hydrogen-bond acceptors (Lipinski definition) is 4. The van der Waals surface area contributed by atoms with Crippen molar-refractivity contribution in [1.82, 2.24) is 5.01 Å². The Hall–Kier alpha value is -2.09.